The van der Waals surface area contributed by atoms with Crippen LogP contribution in [0.15, 0.2) is 30.5 Å². The van der Waals surface area contributed by atoms with Crippen molar-refractivity contribution in [3.63, 3.8) is 0 Å². The highest BCUT2D eigenvalue weighted by molar-refractivity contribution is 6.07. The van der Waals surface area contributed by atoms with E-state index in [1.165, 1.54) is 6.20 Å². The van der Waals surface area contributed by atoms with Gasteiger partial charge in [-0.3, -0.25) is 14.6 Å². The number of hydrogen-bond acceptors (Lipinski definition) is 3. The summed E-state index contributed by atoms with van der Waals surface area (Å²) >= 11 is 0. The minimum absolute atomic E-state index is 0.297. The van der Waals surface area contributed by atoms with Crippen molar-refractivity contribution in [2.24, 2.45) is 0 Å². The van der Waals surface area contributed by atoms with Crippen molar-refractivity contribution in [1.29, 1.82) is 0 Å². The van der Waals surface area contributed by atoms with E-state index in [1.54, 1.807) is 13.0 Å². The SMILES string of the molecule is CC(C)c1ccc2nccc(C(=O)NCC(=O)N3CC(F)(F)CC3C)c2c1. The van der Waals surface area contributed by atoms with Crippen LogP contribution in [0.1, 0.15) is 49.0 Å². The molecule has 1 N–H and O–H groups in total. The number of hydrogen-bond donors (Lipinski definition) is 1. The van der Waals surface area contributed by atoms with Crippen LogP contribution in [0.3, 0.4) is 0 Å². The lowest BCUT2D eigenvalue weighted by Gasteiger charge is -2.21. The van der Waals surface area contributed by atoms with Gasteiger partial charge >= 0.3 is 0 Å². The van der Waals surface area contributed by atoms with E-state index in [2.05, 4.69) is 24.1 Å². The molecule has 144 valence electrons. The van der Waals surface area contributed by atoms with Crippen molar-refractivity contribution in [2.75, 3.05) is 13.1 Å². The third kappa shape index (κ3) is 4.07. The standard InChI is InChI=1S/C20H23F2N3O2/c1-12(2)14-4-5-17-16(8-14)15(6-7-23-17)19(27)24-10-18(26)25-11-20(21,22)9-13(25)3/h4-8,12-13H,9-11H2,1-3H3,(H,24,27). The molecule has 27 heavy (non-hydrogen) atoms. The predicted molar refractivity (Wildman–Crippen MR) is 98.9 cm³/mol. The van der Waals surface area contributed by atoms with E-state index >= 15 is 0 Å². The van der Waals surface area contributed by atoms with Gasteiger partial charge in [-0.05, 0) is 36.6 Å². The molecule has 1 fully saturated rings. The number of aromatic nitrogens is 1. The Morgan fingerprint density at radius 3 is 2.70 bits per heavy atom. The molecule has 1 aliphatic rings. The summed E-state index contributed by atoms with van der Waals surface area (Å²) in [4.78, 5) is 30.3. The van der Waals surface area contributed by atoms with E-state index < -0.39 is 30.3 Å². The summed E-state index contributed by atoms with van der Waals surface area (Å²) in [5, 5.41) is 3.26. The van der Waals surface area contributed by atoms with Crippen LogP contribution in [0, 0.1) is 0 Å². The monoisotopic (exact) mass is 375 g/mol. The highest BCUT2D eigenvalue weighted by Gasteiger charge is 2.44. The summed E-state index contributed by atoms with van der Waals surface area (Å²) < 4.78 is 26.9. The topological polar surface area (TPSA) is 62.3 Å². The number of carbonyl (C=O) groups is 2. The van der Waals surface area contributed by atoms with Crippen molar-refractivity contribution in [3.05, 3.63) is 41.6 Å². The van der Waals surface area contributed by atoms with Crippen LogP contribution < -0.4 is 5.32 Å². The fourth-order valence-corrected chi connectivity index (χ4v) is 3.42. The summed E-state index contributed by atoms with van der Waals surface area (Å²) in [6, 6.07) is 6.81. The summed E-state index contributed by atoms with van der Waals surface area (Å²) in [6.07, 6.45) is 1.19. The smallest absolute Gasteiger partial charge is 0.267 e. The second kappa shape index (κ2) is 7.21. The number of pyridine rings is 1. The van der Waals surface area contributed by atoms with Crippen LogP contribution in [-0.4, -0.2) is 46.8 Å². The Hall–Kier alpha value is -2.57. The van der Waals surface area contributed by atoms with Crippen LogP contribution in [0.4, 0.5) is 8.78 Å². The van der Waals surface area contributed by atoms with E-state index in [0.717, 1.165) is 10.5 Å². The fraction of sp³-hybridized carbons (Fsp3) is 0.450. The number of rotatable bonds is 4. The van der Waals surface area contributed by atoms with Crippen molar-refractivity contribution >= 4 is 22.7 Å². The maximum absolute atomic E-state index is 13.5. The number of benzene rings is 1. The lowest BCUT2D eigenvalue weighted by molar-refractivity contribution is -0.131. The molecule has 2 heterocycles. The molecule has 0 bridgehead atoms. The van der Waals surface area contributed by atoms with E-state index in [1.807, 2.05) is 18.2 Å². The molecule has 2 aromatic rings. The number of carbonyl (C=O) groups excluding carboxylic acids is 2. The Labute approximate surface area is 156 Å². The first kappa shape index (κ1) is 19.2. The molecule has 0 radical (unpaired) electrons. The molecule has 7 heteroatoms. The van der Waals surface area contributed by atoms with Crippen molar-refractivity contribution in [3.8, 4) is 0 Å². The number of fused-ring (bicyclic) bond motifs is 1. The summed E-state index contributed by atoms with van der Waals surface area (Å²) in [7, 11) is 0. The molecule has 0 aliphatic carbocycles. The molecule has 5 nitrogen and oxygen atoms in total. The number of nitrogens with one attached hydrogen (secondary N) is 1. The largest absolute Gasteiger partial charge is 0.343 e. The van der Waals surface area contributed by atoms with Gasteiger partial charge in [0.25, 0.3) is 11.8 Å². The average Bonchev–Trinajstić information content (AvgIpc) is 2.90. The first-order valence-electron chi connectivity index (χ1n) is 9.02. The molecular weight excluding hydrogens is 352 g/mol. The quantitative estimate of drug-likeness (QED) is 0.892. The van der Waals surface area contributed by atoms with Gasteiger partial charge in [-0.2, -0.15) is 0 Å². The zero-order valence-corrected chi connectivity index (χ0v) is 15.6. The van der Waals surface area contributed by atoms with Gasteiger partial charge in [-0.1, -0.05) is 19.9 Å². The van der Waals surface area contributed by atoms with E-state index in [0.29, 0.717) is 22.4 Å². The van der Waals surface area contributed by atoms with Crippen LogP contribution in [-0.2, 0) is 4.79 Å². The summed E-state index contributed by atoms with van der Waals surface area (Å²) in [5.41, 5.74) is 2.18. The third-order valence-electron chi connectivity index (χ3n) is 4.93. The molecule has 0 saturated carbocycles. The highest BCUT2D eigenvalue weighted by atomic mass is 19.3. The Bertz CT molecular complexity index is 883. The number of likely N-dealkylation sites (tertiary alicyclic amines) is 1. The van der Waals surface area contributed by atoms with Gasteiger partial charge in [0.15, 0.2) is 0 Å². The Morgan fingerprint density at radius 1 is 1.33 bits per heavy atom. The summed E-state index contributed by atoms with van der Waals surface area (Å²) in [6.45, 7) is 4.79. The number of alkyl halides is 2. The zero-order chi connectivity index (χ0) is 19.8. The molecule has 3 rings (SSSR count). The van der Waals surface area contributed by atoms with Crippen LogP contribution in [0.25, 0.3) is 10.9 Å². The maximum Gasteiger partial charge on any atom is 0.267 e. The van der Waals surface area contributed by atoms with E-state index in [4.69, 9.17) is 0 Å². The van der Waals surface area contributed by atoms with Gasteiger partial charge in [0.05, 0.1) is 24.2 Å². The molecule has 2 amide bonds. The second-order valence-corrected chi connectivity index (χ2v) is 7.40. The first-order valence-corrected chi connectivity index (χ1v) is 9.02. The van der Waals surface area contributed by atoms with Gasteiger partial charge in [0.2, 0.25) is 5.91 Å². The lowest BCUT2D eigenvalue weighted by atomic mass is 9.99. The highest BCUT2D eigenvalue weighted by Crippen LogP contribution is 2.31. The minimum atomic E-state index is -2.87. The molecule has 1 aromatic carbocycles. The van der Waals surface area contributed by atoms with E-state index in [-0.39, 0.29) is 13.0 Å². The molecule has 0 spiro atoms. The average molecular weight is 375 g/mol. The lowest BCUT2D eigenvalue weighted by Crippen LogP contribution is -2.42. The Kier molecular flexibility index (Phi) is 5.13. The van der Waals surface area contributed by atoms with Gasteiger partial charge in [0.1, 0.15) is 0 Å². The molecule has 1 aliphatic heterocycles. The zero-order valence-electron chi connectivity index (χ0n) is 15.6. The predicted octanol–water partition coefficient (Wildman–Crippen LogP) is 3.34. The summed E-state index contributed by atoms with van der Waals surface area (Å²) in [5.74, 6) is -3.50. The van der Waals surface area contributed by atoms with Gasteiger partial charge in [-0.15, -0.1) is 0 Å². The number of nitrogens with zero attached hydrogens (tertiary/aromatic N) is 2. The molecular formula is C20H23F2N3O2. The van der Waals surface area contributed by atoms with Crippen molar-refractivity contribution in [1.82, 2.24) is 15.2 Å². The molecule has 1 aromatic heterocycles. The van der Waals surface area contributed by atoms with Crippen LogP contribution >= 0.6 is 0 Å². The van der Waals surface area contributed by atoms with Crippen LogP contribution in [0.5, 0.6) is 0 Å². The van der Waals surface area contributed by atoms with Crippen molar-refractivity contribution in [2.45, 2.75) is 45.1 Å². The maximum atomic E-state index is 13.5. The first-order chi connectivity index (χ1) is 12.7. The Balaban J connectivity index is 1.75. The minimum Gasteiger partial charge on any atom is -0.343 e. The third-order valence-corrected chi connectivity index (χ3v) is 4.93. The van der Waals surface area contributed by atoms with Crippen molar-refractivity contribution < 1.29 is 18.4 Å². The molecule has 1 atom stereocenters. The van der Waals surface area contributed by atoms with Gasteiger partial charge in [-0.25, -0.2) is 8.78 Å². The number of amides is 2. The van der Waals surface area contributed by atoms with Crippen LogP contribution in [0.2, 0.25) is 0 Å². The number of halogens is 2. The van der Waals surface area contributed by atoms with E-state index in [9.17, 15) is 18.4 Å². The molecule has 1 saturated heterocycles. The second-order valence-electron chi connectivity index (χ2n) is 7.40. The molecule has 1 unspecified atom stereocenters. The Morgan fingerprint density at radius 2 is 2.07 bits per heavy atom. The van der Waals surface area contributed by atoms with Gasteiger partial charge in [0, 0.05) is 24.0 Å². The van der Waals surface area contributed by atoms with Gasteiger partial charge < -0.3 is 10.2 Å². The normalized spacial score (nSPS) is 18.9. The fourth-order valence-electron chi connectivity index (χ4n) is 3.42.